The van der Waals surface area contributed by atoms with Crippen molar-refractivity contribution in [3.05, 3.63) is 30.3 Å². The second kappa shape index (κ2) is 7.26. The minimum atomic E-state index is 0.955. The summed E-state index contributed by atoms with van der Waals surface area (Å²) in [5, 5.41) is 0. The van der Waals surface area contributed by atoms with Crippen LogP contribution in [0.3, 0.4) is 0 Å². The Hall–Kier alpha value is -1.06. The molecule has 0 atom stereocenters. The summed E-state index contributed by atoms with van der Waals surface area (Å²) >= 11 is 0. The van der Waals surface area contributed by atoms with Crippen LogP contribution in [0.2, 0.25) is 0 Å². The maximum atomic E-state index is 3.21. The van der Waals surface area contributed by atoms with E-state index in [4.69, 9.17) is 0 Å². The SMILES string of the molecule is CCN(CC)CCNNc1ccccc1. The van der Waals surface area contributed by atoms with Gasteiger partial charge in [-0.05, 0) is 25.2 Å². The first-order valence-electron chi connectivity index (χ1n) is 5.63. The highest BCUT2D eigenvalue weighted by Gasteiger charge is 1.96. The molecular weight excluding hydrogens is 186 g/mol. The van der Waals surface area contributed by atoms with Crippen LogP contribution in [0, 0.1) is 0 Å². The summed E-state index contributed by atoms with van der Waals surface area (Å²) in [6.45, 7) is 8.64. The predicted octanol–water partition coefficient (Wildman–Crippen LogP) is 1.94. The van der Waals surface area contributed by atoms with Gasteiger partial charge in [0.05, 0.1) is 0 Å². The zero-order valence-electron chi connectivity index (χ0n) is 9.66. The van der Waals surface area contributed by atoms with Crippen LogP contribution in [0.15, 0.2) is 30.3 Å². The summed E-state index contributed by atoms with van der Waals surface area (Å²) in [5.74, 6) is 0. The number of benzene rings is 1. The normalized spacial score (nSPS) is 10.6. The molecule has 1 aromatic rings. The molecule has 0 aliphatic heterocycles. The number of rotatable bonds is 7. The molecule has 3 nitrogen and oxygen atoms in total. The van der Waals surface area contributed by atoms with Crippen molar-refractivity contribution in [3.63, 3.8) is 0 Å². The monoisotopic (exact) mass is 207 g/mol. The average molecular weight is 207 g/mol. The third-order valence-electron chi connectivity index (χ3n) is 2.45. The second-order valence-corrected chi connectivity index (χ2v) is 3.44. The second-order valence-electron chi connectivity index (χ2n) is 3.44. The zero-order chi connectivity index (χ0) is 10.9. The molecule has 0 aromatic heterocycles. The molecule has 0 fully saturated rings. The number of nitrogens with one attached hydrogen (secondary N) is 2. The van der Waals surface area contributed by atoms with Gasteiger partial charge in [0.2, 0.25) is 0 Å². The number of anilines is 1. The number of hydrazine groups is 1. The molecular formula is C12H21N3. The first kappa shape index (κ1) is 12.0. The van der Waals surface area contributed by atoms with Crippen LogP contribution in [0.1, 0.15) is 13.8 Å². The van der Waals surface area contributed by atoms with Gasteiger partial charge in [0.1, 0.15) is 0 Å². The van der Waals surface area contributed by atoms with Crippen molar-refractivity contribution >= 4 is 5.69 Å². The van der Waals surface area contributed by atoms with Crippen molar-refractivity contribution in [3.8, 4) is 0 Å². The van der Waals surface area contributed by atoms with E-state index >= 15 is 0 Å². The van der Waals surface area contributed by atoms with Gasteiger partial charge in [-0.3, -0.25) is 0 Å². The predicted molar refractivity (Wildman–Crippen MR) is 65.9 cm³/mol. The van der Waals surface area contributed by atoms with Crippen LogP contribution >= 0.6 is 0 Å². The molecule has 2 N–H and O–H groups in total. The molecule has 0 aliphatic carbocycles. The Kier molecular flexibility index (Phi) is 5.81. The first-order chi connectivity index (χ1) is 7.36. The lowest BCUT2D eigenvalue weighted by atomic mass is 10.3. The van der Waals surface area contributed by atoms with E-state index in [9.17, 15) is 0 Å². The van der Waals surface area contributed by atoms with E-state index < -0.39 is 0 Å². The van der Waals surface area contributed by atoms with Gasteiger partial charge in [-0.25, -0.2) is 5.43 Å². The fraction of sp³-hybridized carbons (Fsp3) is 0.500. The Labute approximate surface area is 92.5 Å². The third-order valence-corrected chi connectivity index (χ3v) is 2.45. The first-order valence-corrected chi connectivity index (χ1v) is 5.63. The Morgan fingerprint density at radius 1 is 1.07 bits per heavy atom. The Balaban J connectivity index is 2.12. The van der Waals surface area contributed by atoms with Crippen LogP contribution in [0.25, 0.3) is 0 Å². The molecule has 0 saturated carbocycles. The minimum absolute atomic E-state index is 0.955. The van der Waals surface area contributed by atoms with Gasteiger partial charge in [-0.15, -0.1) is 0 Å². The standard InChI is InChI=1S/C12H21N3/c1-3-15(4-2)11-10-13-14-12-8-6-5-7-9-12/h5-9,13-14H,3-4,10-11H2,1-2H3. The quantitative estimate of drug-likeness (QED) is 0.528. The lowest BCUT2D eigenvalue weighted by Gasteiger charge is -2.18. The van der Waals surface area contributed by atoms with E-state index in [0.29, 0.717) is 0 Å². The van der Waals surface area contributed by atoms with Gasteiger partial charge in [0.15, 0.2) is 0 Å². The third kappa shape index (κ3) is 4.81. The van der Waals surface area contributed by atoms with E-state index in [0.717, 1.165) is 31.9 Å². The Morgan fingerprint density at radius 2 is 1.73 bits per heavy atom. The molecule has 1 rings (SSSR count). The topological polar surface area (TPSA) is 27.3 Å². The van der Waals surface area contributed by atoms with Gasteiger partial charge in [-0.2, -0.15) is 0 Å². The van der Waals surface area contributed by atoms with Crippen LogP contribution in [-0.2, 0) is 0 Å². The molecule has 15 heavy (non-hydrogen) atoms. The summed E-state index contributed by atoms with van der Waals surface area (Å²) in [5.41, 5.74) is 7.49. The number of hydrogen-bond acceptors (Lipinski definition) is 3. The van der Waals surface area contributed by atoms with Crippen molar-refractivity contribution < 1.29 is 0 Å². The molecule has 0 aliphatic rings. The van der Waals surface area contributed by atoms with Crippen LogP contribution < -0.4 is 10.9 Å². The molecule has 0 amide bonds. The Bertz CT molecular complexity index is 244. The van der Waals surface area contributed by atoms with Crippen molar-refractivity contribution in [1.82, 2.24) is 10.3 Å². The smallest absolute Gasteiger partial charge is 0.0487 e. The van der Waals surface area contributed by atoms with Crippen molar-refractivity contribution in [2.24, 2.45) is 0 Å². The maximum Gasteiger partial charge on any atom is 0.0487 e. The molecule has 1 aromatic carbocycles. The van der Waals surface area contributed by atoms with E-state index in [2.05, 4.69) is 29.6 Å². The van der Waals surface area contributed by atoms with Crippen LogP contribution in [0.5, 0.6) is 0 Å². The lowest BCUT2D eigenvalue weighted by molar-refractivity contribution is 0.305. The highest BCUT2D eigenvalue weighted by Crippen LogP contribution is 2.02. The molecule has 0 saturated heterocycles. The number of para-hydroxylation sites is 1. The summed E-state index contributed by atoms with van der Waals surface area (Å²) in [7, 11) is 0. The summed E-state index contributed by atoms with van der Waals surface area (Å²) in [6, 6.07) is 10.2. The number of nitrogens with zero attached hydrogens (tertiary/aromatic N) is 1. The molecule has 0 spiro atoms. The molecule has 0 unspecified atom stereocenters. The Morgan fingerprint density at radius 3 is 2.33 bits per heavy atom. The van der Waals surface area contributed by atoms with E-state index in [1.165, 1.54) is 0 Å². The van der Waals surface area contributed by atoms with E-state index in [1.807, 2.05) is 30.3 Å². The highest BCUT2D eigenvalue weighted by molar-refractivity contribution is 5.41. The van der Waals surface area contributed by atoms with Gasteiger partial charge in [-0.1, -0.05) is 32.0 Å². The summed E-state index contributed by atoms with van der Waals surface area (Å²) in [6.07, 6.45) is 0. The van der Waals surface area contributed by atoms with Crippen molar-refractivity contribution in [2.75, 3.05) is 31.6 Å². The van der Waals surface area contributed by atoms with E-state index in [-0.39, 0.29) is 0 Å². The lowest BCUT2D eigenvalue weighted by Crippen LogP contribution is -2.34. The number of likely N-dealkylation sites (N-methyl/N-ethyl adjacent to an activating group) is 1. The van der Waals surface area contributed by atoms with Gasteiger partial charge in [0.25, 0.3) is 0 Å². The fourth-order valence-electron chi connectivity index (χ4n) is 1.44. The summed E-state index contributed by atoms with van der Waals surface area (Å²) in [4.78, 5) is 2.39. The largest absolute Gasteiger partial charge is 0.321 e. The molecule has 0 heterocycles. The van der Waals surface area contributed by atoms with Crippen molar-refractivity contribution in [2.45, 2.75) is 13.8 Å². The van der Waals surface area contributed by atoms with Crippen LogP contribution in [0.4, 0.5) is 5.69 Å². The number of hydrogen-bond donors (Lipinski definition) is 2. The van der Waals surface area contributed by atoms with Crippen molar-refractivity contribution in [1.29, 1.82) is 0 Å². The molecule has 84 valence electrons. The fourth-order valence-corrected chi connectivity index (χ4v) is 1.44. The highest BCUT2D eigenvalue weighted by atomic mass is 15.4. The average Bonchev–Trinajstić information content (AvgIpc) is 2.31. The molecule has 0 bridgehead atoms. The van der Waals surface area contributed by atoms with Gasteiger partial charge < -0.3 is 10.3 Å². The van der Waals surface area contributed by atoms with E-state index in [1.54, 1.807) is 0 Å². The molecule has 0 radical (unpaired) electrons. The zero-order valence-corrected chi connectivity index (χ0v) is 9.66. The van der Waals surface area contributed by atoms with Gasteiger partial charge >= 0.3 is 0 Å². The minimum Gasteiger partial charge on any atom is -0.321 e. The molecule has 3 heteroatoms. The van der Waals surface area contributed by atoms with Gasteiger partial charge in [0, 0.05) is 18.8 Å². The maximum absolute atomic E-state index is 3.21. The van der Waals surface area contributed by atoms with Crippen LogP contribution in [-0.4, -0.2) is 31.1 Å². The summed E-state index contributed by atoms with van der Waals surface area (Å²) < 4.78 is 0.